The summed E-state index contributed by atoms with van der Waals surface area (Å²) in [7, 11) is 4.13. The molecule has 0 aliphatic heterocycles. The van der Waals surface area contributed by atoms with Crippen molar-refractivity contribution >= 4 is 32.6 Å². The molecule has 27 heavy (non-hydrogen) atoms. The summed E-state index contributed by atoms with van der Waals surface area (Å²) >= 11 is 1.55. The number of benzene rings is 2. The number of carbonyl (C=O) groups excluding carboxylic acids is 1. The smallest absolute Gasteiger partial charge is 0.233 e. The lowest BCUT2D eigenvalue weighted by atomic mass is 10.1. The van der Waals surface area contributed by atoms with Crippen molar-refractivity contribution in [3.63, 3.8) is 0 Å². The van der Waals surface area contributed by atoms with E-state index >= 15 is 0 Å². The number of hydrogen-bond acceptors (Lipinski definition) is 3. The van der Waals surface area contributed by atoms with E-state index in [0.29, 0.717) is 6.54 Å². The molecule has 1 amide bonds. The van der Waals surface area contributed by atoms with E-state index in [0.717, 1.165) is 27.5 Å². The topological polar surface area (TPSA) is 37.6 Å². The van der Waals surface area contributed by atoms with E-state index < -0.39 is 0 Å². The molecule has 0 spiro atoms. The lowest BCUT2D eigenvalue weighted by Gasteiger charge is -2.20. The van der Waals surface area contributed by atoms with Crippen LogP contribution >= 0.6 is 11.3 Å². The zero-order valence-corrected chi connectivity index (χ0v) is 17.0. The minimum Gasteiger partial charge on any atom is -0.338 e. The molecule has 0 fully saturated rings. The first kappa shape index (κ1) is 19.5. The lowest BCUT2D eigenvalue weighted by molar-refractivity contribution is -0.856. The lowest BCUT2D eigenvalue weighted by Crippen LogP contribution is -3.06. The Morgan fingerprint density at radius 2 is 1.81 bits per heavy atom. The Kier molecular flexibility index (Phi) is 5.87. The summed E-state index contributed by atoms with van der Waals surface area (Å²) in [5, 5.41) is 0.725. The van der Waals surface area contributed by atoms with E-state index in [1.807, 2.05) is 0 Å². The van der Waals surface area contributed by atoms with Gasteiger partial charge in [0.1, 0.15) is 5.82 Å². The molecule has 0 saturated carbocycles. The van der Waals surface area contributed by atoms with Crippen molar-refractivity contribution in [2.75, 3.05) is 32.1 Å². The summed E-state index contributed by atoms with van der Waals surface area (Å²) in [6.07, 6.45) is 0.233. The van der Waals surface area contributed by atoms with Gasteiger partial charge in [0.2, 0.25) is 5.91 Å². The molecule has 1 N–H and O–H groups in total. The highest BCUT2D eigenvalue weighted by Gasteiger charge is 2.21. The molecule has 1 heterocycles. The van der Waals surface area contributed by atoms with Crippen LogP contribution in [0.2, 0.25) is 0 Å². The van der Waals surface area contributed by atoms with E-state index in [2.05, 4.69) is 40.1 Å². The molecule has 3 aromatic rings. The molecule has 0 atom stereocenters. The van der Waals surface area contributed by atoms with Crippen LogP contribution in [0.15, 0.2) is 36.4 Å². The number of hydrogen-bond donors (Lipinski definition) is 1. The Labute approximate surface area is 163 Å². The first-order valence-electron chi connectivity index (χ1n) is 9.05. The van der Waals surface area contributed by atoms with Crippen LogP contribution in [0.4, 0.5) is 9.52 Å². The van der Waals surface area contributed by atoms with Gasteiger partial charge in [-0.05, 0) is 54.8 Å². The maximum absolute atomic E-state index is 13.1. The van der Waals surface area contributed by atoms with Gasteiger partial charge in [0.15, 0.2) is 5.13 Å². The zero-order valence-electron chi connectivity index (χ0n) is 16.2. The van der Waals surface area contributed by atoms with Gasteiger partial charge in [-0.2, -0.15) is 0 Å². The molecule has 0 saturated heterocycles. The Hall–Kier alpha value is -2.31. The number of nitrogens with one attached hydrogen (secondary N) is 1. The van der Waals surface area contributed by atoms with Crippen LogP contribution in [0.25, 0.3) is 10.2 Å². The van der Waals surface area contributed by atoms with Crippen LogP contribution in [-0.2, 0) is 11.2 Å². The van der Waals surface area contributed by atoms with Gasteiger partial charge in [0, 0.05) is 0 Å². The number of quaternary nitrogens is 1. The first-order chi connectivity index (χ1) is 12.8. The Bertz CT molecular complexity index is 911. The van der Waals surface area contributed by atoms with Gasteiger partial charge in [-0.3, -0.25) is 9.69 Å². The van der Waals surface area contributed by atoms with Gasteiger partial charge in [-0.1, -0.05) is 23.5 Å². The van der Waals surface area contributed by atoms with Crippen molar-refractivity contribution in [1.82, 2.24) is 4.98 Å². The van der Waals surface area contributed by atoms with Gasteiger partial charge in [-0.25, -0.2) is 9.37 Å². The fourth-order valence-corrected chi connectivity index (χ4v) is 3.91. The molecule has 2 aromatic carbocycles. The van der Waals surface area contributed by atoms with Crippen LogP contribution in [0.1, 0.15) is 16.7 Å². The molecule has 0 radical (unpaired) electrons. The van der Waals surface area contributed by atoms with E-state index in [4.69, 9.17) is 4.98 Å². The van der Waals surface area contributed by atoms with Crippen LogP contribution in [0, 0.1) is 19.7 Å². The maximum atomic E-state index is 13.1. The minimum absolute atomic E-state index is 0.0182. The summed E-state index contributed by atoms with van der Waals surface area (Å²) in [5.74, 6) is -0.313. The molecule has 0 aliphatic rings. The quantitative estimate of drug-likeness (QED) is 0.707. The number of halogens is 1. The van der Waals surface area contributed by atoms with Crippen LogP contribution in [0.3, 0.4) is 0 Å². The van der Waals surface area contributed by atoms with Crippen molar-refractivity contribution in [3.05, 3.63) is 58.9 Å². The number of anilines is 1. The summed E-state index contributed by atoms with van der Waals surface area (Å²) in [6.45, 7) is 5.57. The summed E-state index contributed by atoms with van der Waals surface area (Å²) < 4.78 is 14.2. The molecule has 4 nitrogen and oxygen atoms in total. The fraction of sp³-hybridized carbons (Fsp3) is 0.333. The number of rotatable bonds is 6. The predicted octanol–water partition coefficient (Wildman–Crippen LogP) is 2.77. The van der Waals surface area contributed by atoms with Crippen molar-refractivity contribution in [1.29, 1.82) is 0 Å². The number of likely N-dealkylation sites (N-methyl/N-ethyl adjacent to an activating group) is 1. The Balaban J connectivity index is 1.90. The van der Waals surface area contributed by atoms with Crippen LogP contribution < -0.4 is 9.80 Å². The number of carbonyl (C=O) groups is 1. The molecule has 0 aliphatic carbocycles. The van der Waals surface area contributed by atoms with Crippen molar-refractivity contribution < 1.29 is 14.1 Å². The normalized spacial score (nSPS) is 11.3. The second kappa shape index (κ2) is 8.15. The van der Waals surface area contributed by atoms with E-state index in [9.17, 15) is 9.18 Å². The third-order valence-electron chi connectivity index (χ3n) is 4.63. The summed E-state index contributed by atoms with van der Waals surface area (Å²) in [6, 6.07) is 10.3. The Morgan fingerprint density at radius 1 is 1.15 bits per heavy atom. The summed E-state index contributed by atoms with van der Waals surface area (Å²) in [5.41, 5.74) is 4.15. The summed E-state index contributed by atoms with van der Waals surface area (Å²) in [4.78, 5) is 20.8. The van der Waals surface area contributed by atoms with E-state index in [1.165, 1.54) is 28.2 Å². The molecule has 0 unspecified atom stereocenters. The monoisotopic (exact) mass is 386 g/mol. The zero-order chi connectivity index (χ0) is 19.6. The second-order valence-corrected chi connectivity index (χ2v) is 8.22. The second-order valence-electron chi connectivity index (χ2n) is 7.21. The van der Waals surface area contributed by atoms with Gasteiger partial charge < -0.3 is 4.90 Å². The largest absolute Gasteiger partial charge is 0.338 e. The minimum atomic E-state index is -0.295. The third-order valence-corrected chi connectivity index (χ3v) is 5.67. The standard InChI is InChI=1S/C21H24FN3OS/c1-14-11-18-19(12-15(14)2)27-21(23-18)25(10-9-24(3)4)20(26)13-16-5-7-17(22)8-6-16/h5-8,11-12H,9-10,13H2,1-4H3/p+1. The number of aromatic nitrogens is 1. The maximum Gasteiger partial charge on any atom is 0.233 e. The molecule has 0 bridgehead atoms. The van der Waals surface area contributed by atoms with Crippen LogP contribution in [0.5, 0.6) is 0 Å². The molecular weight excluding hydrogens is 361 g/mol. The molecular formula is C21H25FN3OS+. The molecule has 142 valence electrons. The molecule has 3 rings (SSSR count). The van der Waals surface area contributed by atoms with Gasteiger partial charge >= 0.3 is 0 Å². The van der Waals surface area contributed by atoms with Gasteiger partial charge in [0.05, 0.1) is 43.8 Å². The van der Waals surface area contributed by atoms with Crippen molar-refractivity contribution in [2.45, 2.75) is 20.3 Å². The highest BCUT2D eigenvalue weighted by molar-refractivity contribution is 7.22. The van der Waals surface area contributed by atoms with Gasteiger partial charge in [-0.15, -0.1) is 0 Å². The number of aryl methyl sites for hydroxylation is 2. The number of amides is 1. The SMILES string of the molecule is Cc1cc2nc(N(CC[NH+](C)C)C(=O)Cc3ccc(F)cc3)sc2cc1C. The van der Waals surface area contributed by atoms with Crippen molar-refractivity contribution in [3.8, 4) is 0 Å². The molecule has 1 aromatic heterocycles. The van der Waals surface area contributed by atoms with E-state index in [1.54, 1.807) is 28.4 Å². The van der Waals surface area contributed by atoms with Gasteiger partial charge in [0.25, 0.3) is 0 Å². The number of thiazole rings is 1. The third kappa shape index (κ3) is 4.70. The fourth-order valence-electron chi connectivity index (χ4n) is 2.82. The number of nitrogens with zero attached hydrogens (tertiary/aromatic N) is 2. The number of fused-ring (bicyclic) bond motifs is 1. The van der Waals surface area contributed by atoms with Crippen LogP contribution in [-0.4, -0.2) is 38.1 Å². The predicted molar refractivity (Wildman–Crippen MR) is 109 cm³/mol. The highest BCUT2D eigenvalue weighted by Crippen LogP contribution is 2.31. The Morgan fingerprint density at radius 3 is 2.48 bits per heavy atom. The molecule has 6 heteroatoms. The highest BCUT2D eigenvalue weighted by atomic mass is 32.1. The van der Waals surface area contributed by atoms with Crippen molar-refractivity contribution in [2.24, 2.45) is 0 Å². The first-order valence-corrected chi connectivity index (χ1v) is 9.87. The average molecular weight is 387 g/mol. The van der Waals surface area contributed by atoms with E-state index in [-0.39, 0.29) is 18.1 Å². The average Bonchev–Trinajstić information content (AvgIpc) is 2.99.